The Morgan fingerprint density at radius 2 is 1.69 bits per heavy atom. The predicted octanol–water partition coefficient (Wildman–Crippen LogP) is 4.99. The molecule has 32 heavy (non-hydrogen) atoms. The molecule has 7 heteroatoms. The molecule has 1 N–H and O–H groups in total. The Bertz CT molecular complexity index is 1280. The molecule has 0 aliphatic carbocycles. The number of amides is 2. The molecular formula is C25H20F2N2O3. The van der Waals surface area contributed by atoms with Crippen LogP contribution in [-0.4, -0.2) is 18.9 Å². The summed E-state index contributed by atoms with van der Waals surface area (Å²) >= 11 is 0. The van der Waals surface area contributed by atoms with Crippen molar-refractivity contribution in [2.75, 3.05) is 17.3 Å². The third-order valence-corrected chi connectivity index (χ3v) is 5.22. The average molecular weight is 434 g/mol. The molecule has 1 aliphatic rings. The van der Waals surface area contributed by atoms with Gasteiger partial charge in [0.25, 0.3) is 11.8 Å². The van der Waals surface area contributed by atoms with Crippen LogP contribution in [0.4, 0.5) is 20.2 Å². The van der Waals surface area contributed by atoms with Gasteiger partial charge in [0, 0.05) is 17.8 Å². The lowest BCUT2D eigenvalue weighted by molar-refractivity contribution is -0.120. The van der Waals surface area contributed by atoms with Crippen molar-refractivity contribution in [2.45, 2.75) is 13.8 Å². The molecular weight excluding hydrogens is 414 g/mol. The molecule has 0 unspecified atom stereocenters. The van der Waals surface area contributed by atoms with Crippen molar-refractivity contribution >= 4 is 28.8 Å². The number of nitrogens with zero attached hydrogens (tertiary/aromatic N) is 1. The maximum atomic E-state index is 14.5. The lowest BCUT2D eigenvalue weighted by atomic mass is 9.97. The first-order valence-corrected chi connectivity index (χ1v) is 9.87. The highest BCUT2D eigenvalue weighted by Gasteiger charge is 2.42. The maximum absolute atomic E-state index is 14.5. The Balaban J connectivity index is 1.88. The normalized spacial score (nSPS) is 13.7. The molecule has 2 amide bonds. The van der Waals surface area contributed by atoms with E-state index in [4.69, 9.17) is 4.74 Å². The van der Waals surface area contributed by atoms with Crippen molar-refractivity contribution in [2.24, 2.45) is 0 Å². The monoisotopic (exact) mass is 434 g/mol. The largest absolute Gasteiger partial charge is 0.497 e. The second kappa shape index (κ2) is 8.26. The summed E-state index contributed by atoms with van der Waals surface area (Å²) in [5, 5.41) is 2.99. The van der Waals surface area contributed by atoms with Gasteiger partial charge in [-0.05, 0) is 49.2 Å². The van der Waals surface area contributed by atoms with E-state index in [9.17, 15) is 18.4 Å². The van der Waals surface area contributed by atoms with Gasteiger partial charge in [-0.15, -0.1) is 0 Å². The topological polar surface area (TPSA) is 58.6 Å². The third kappa shape index (κ3) is 3.73. The number of aryl methyl sites for hydroxylation is 2. The van der Waals surface area contributed by atoms with Crippen molar-refractivity contribution in [3.8, 4) is 5.75 Å². The van der Waals surface area contributed by atoms with E-state index in [1.807, 2.05) is 26.0 Å². The number of carbonyl (C=O) groups excluding carboxylic acids is 2. The number of anilines is 2. The highest BCUT2D eigenvalue weighted by atomic mass is 19.1. The van der Waals surface area contributed by atoms with E-state index in [0.717, 1.165) is 29.3 Å². The zero-order chi connectivity index (χ0) is 23.0. The fraction of sp³-hybridized carbons (Fsp3) is 0.120. The number of ether oxygens (including phenoxy) is 1. The van der Waals surface area contributed by atoms with E-state index in [2.05, 4.69) is 5.32 Å². The second-order valence-corrected chi connectivity index (χ2v) is 7.47. The van der Waals surface area contributed by atoms with Gasteiger partial charge in [-0.1, -0.05) is 29.8 Å². The number of methoxy groups -OCH3 is 1. The SMILES string of the molecule is COc1cccc(NC2=C(c3ccc(C)cc3C)C(=O)N(c3cc(F)ccc3F)C2=O)c1. The van der Waals surface area contributed by atoms with Gasteiger partial charge in [0.1, 0.15) is 23.1 Å². The van der Waals surface area contributed by atoms with Crippen molar-refractivity contribution < 1.29 is 23.1 Å². The highest BCUT2D eigenvalue weighted by Crippen LogP contribution is 2.36. The zero-order valence-electron chi connectivity index (χ0n) is 17.7. The van der Waals surface area contributed by atoms with E-state index in [1.165, 1.54) is 7.11 Å². The van der Waals surface area contributed by atoms with Gasteiger partial charge in [0.05, 0.1) is 18.4 Å². The summed E-state index contributed by atoms with van der Waals surface area (Å²) in [6.45, 7) is 3.73. The number of carbonyl (C=O) groups is 2. The van der Waals surface area contributed by atoms with Crippen molar-refractivity contribution in [1.82, 2.24) is 0 Å². The molecule has 0 bridgehead atoms. The third-order valence-electron chi connectivity index (χ3n) is 5.22. The van der Waals surface area contributed by atoms with Crippen LogP contribution in [0.5, 0.6) is 5.75 Å². The van der Waals surface area contributed by atoms with Crippen LogP contribution in [0.2, 0.25) is 0 Å². The standard InChI is InChI=1S/C25H20F2N2O3/c1-14-7-9-19(15(2)11-14)22-23(28-17-5-4-6-18(13-17)32-3)25(31)29(24(22)30)21-12-16(26)8-10-20(21)27/h4-13,28H,1-3H3. The van der Waals surface area contributed by atoms with Gasteiger partial charge >= 0.3 is 0 Å². The number of halogens is 2. The lowest BCUT2D eigenvalue weighted by Gasteiger charge is -2.16. The van der Waals surface area contributed by atoms with Crippen LogP contribution in [0.3, 0.4) is 0 Å². The molecule has 0 radical (unpaired) electrons. The number of imide groups is 1. The maximum Gasteiger partial charge on any atom is 0.282 e. The first-order chi connectivity index (χ1) is 15.3. The fourth-order valence-electron chi connectivity index (χ4n) is 3.71. The molecule has 0 saturated heterocycles. The van der Waals surface area contributed by atoms with Crippen LogP contribution < -0.4 is 15.0 Å². The Hall–Kier alpha value is -4.00. The molecule has 3 aromatic carbocycles. The average Bonchev–Trinajstić information content (AvgIpc) is 3.00. The van der Waals surface area contributed by atoms with Crippen LogP contribution in [0, 0.1) is 25.5 Å². The van der Waals surface area contributed by atoms with Gasteiger partial charge in [0.2, 0.25) is 0 Å². The van der Waals surface area contributed by atoms with Crippen LogP contribution in [0.1, 0.15) is 16.7 Å². The molecule has 1 aliphatic heterocycles. The molecule has 4 rings (SSSR count). The summed E-state index contributed by atoms with van der Waals surface area (Å²) in [6, 6.07) is 14.9. The Morgan fingerprint density at radius 3 is 2.41 bits per heavy atom. The Kier molecular flexibility index (Phi) is 5.48. The van der Waals surface area contributed by atoms with E-state index >= 15 is 0 Å². The zero-order valence-corrected chi connectivity index (χ0v) is 17.7. The molecule has 0 atom stereocenters. The van der Waals surface area contributed by atoms with Gasteiger partial charge in [-0.25, -0.2) is 13.7 Å². The van der Waals surface area contributed by atoms with E-state index in [0.29, 0.717) is 21.9 Å². The molecule has 1 heterocycles. The summed E-state index contributed by atoms with van der Waals surface area (Å²) < 4.78 is 33.6. The molecule has 0 spiro atoms. The van der Waals surface area contributed by atoms with Gasteiger partial charge < -0.3 is 10.1 Å². The smallest absolute Gasteiger partial charge is 0.282 e. The van der Waals surface area contributed by atoms with E-state index < -0.39 is 29.1 Å². The van der Waals surface area contributed by atoms with Gasteiger partial charge in [-0.3, -0.25) is 9.59 Å². The molecule has 0 saturated carbocycles. The minimum absolute atomic E-state index is 0.0288. The number of hydrogen-bond donors (Lipinski definition) is 1. The first-order valence-electron chi connectivity index (χ1n) is 9.87. The van der Waals surface area contributed by atoms with E-state index in [1.54, 1.807) is 30.3 Å². The number of nitrogens with one attached hydrogen (secondary N) is 1. The van der Waals surface area contributed by atoms with Crippen LogP contribution in [0.15, 0.2) is 66.4 Å². The number of hydrogen-bond acceptors (Lipinski definition) is 4. The van der Waals surface area contributed by atoms with Gasteiger partial charge in [-0.2, -0.15) is 0 Å². The Labute approximate surface area is 183 Å². The summed E-state index contributed by atoms with van der Waals surface area (Å²) in [4.78, 5) is 27.5. The van der Waals surface area contributed by atoms with E-state index in [-0.39, 0.29) is 11.3 Å². The van der Waals surface area contributed by atoms with Crippen LogP contribution >= 0.6 is 0 Å². The van der Waals surface area contributed by atoms with Crippen LogP contribution in [-0.2, 0) is 9.59 Å². The molecule has 162 valence electrons. The summed E-state index contributed by atoms with van der Waals surface area (Å²) in [5.41, 5.74) is 2.40. The summed E-state index contributed by atoms with van der Waals surface area (Å²) in [6.07, 6.45) is 0. The molecule has 3 aromatic rings. The second-order valence-electron chi connectivity index (χ2n) is 7.47. The van der Waals surface area contributed by atoms with Crippen molar-refractivity contribution in [3.05, 3.63) is 94.7 Å². The highest BCUT2D eigenvalue weighted by molar-refractivity contribution is 6.46. The molecule has 0 aromatic heterocycles. The summed E-state index contributed by atoms with van der Waals surface area (Å²) in [5.74, 6) is -2.61. The predicted molar refractivity (Wildman–Crippen MR) is 118 cm³/mol. The minimum Gasteiger partial charge on any atom is -0.497 e. The molecule has 0 fully saturated rings. The molecule has 5 nitrogen and oxygen atoms in total. The van der Waals surface area contributed by atoms with Crippen molar-refractivity contribution in [3.63, 3.8) is 0 Å². The lowest BCUT2D eigenvalue weighted by Crippen LogP contribution is -2.33. The number of rotatable bonds is 5. The minimum atomic E-state index is -0.879. The van der Waals surface area contributed by atoms with Gasteiger partial charge in [0.15, 0.2) is 0 Å². The van der Waals surface area contributed by atoms with Crippen molar-refractivity contribution in [1.29, 1.82) is 0 Å². The fourth-order valence-corrected chi connectivity index (χ4v) is 3.71. The van der Waals surface area contributed by atoms with Crippen LogP contribution in [0.25, 0.3) is 5.57 Å². The number of benzene rings is 3. The Morgan fingerprint density at radius 1 is 0.906 bits per heavy atom. The first kappa shape index (κ1) is 21.2. The quantitative estimate of drug-likeness (QED) is 0.575. The summed E-state index contributed by atoms with van der Waals surface area (Å²) in [7, 11) is 1.51.